The molecule has 0 N–H and O–H groups in total. The van der Waals surface area contributed by atoms with Gasteiger partial charge in [-0.2, -0.15) is 0 Å². The van der Waals surface area contributed by atoms with Crippen molar-refractivity contribution < 1.29 is 4.79 Å². The van der Waals surface area contributed by atoms with E-state index in [9.17, 15) is 4.79 Å². The van der Waals surface area contributed by atoms with Crippen LogP contribution >= 0.6 is 0 Å². The van der Waals surface area contributed by atoms with Gasteiger partial charge >= 0.3 is 0 Å². The maximum atomic E-state index is 12.7. The number of hydrogen-bond acceptors (Lipinski definition) is 4. The van der Waals surface area contributed by atoms with Crippen molar-refractivity contribution in [3.63, 3.8) is 0 Å². The number of hydrogen-bond donors (Lipinski definition) is 0. The highest BCUT2D eigenvalue weighted by molar-refractivity contribution is 5.76. The van der Waals surface area contributed by atoms with Crippen molar-refractivity contribution in [1.82, 2.24) is 24.4 Å². The molecular formula is C22H25N5O. The minimum atomic E-state index is 0.224. The number of imidazole rings is 1. The van der Waals surface area contributed by atoms with Gasteiger partial charge in [-0.05, 0) is 36.2 Å². The van der Waals surface area contributed by atoms with Crippen LogP contribution in [0.15, 0.2) is 55.2 Å². The van der Waals surface area contributed by atoms with E-state index in [2.05, 4.69) is 38.6 Å². The van der Waals surface area contributed by atoms with Gasteiger partial charge in [0.1, 0.15) is 5.82 Å². The highest BCUT2D eigenvalue weighted by atomic mass is 16.2. The number of amides is 1. The predicted molar refractivity (Wildman–Crippen MR) is 108 cm³/mol. The minimum absolute atomic E-state index is 0.224. The normalized spacial score (nSPS) is 16.5. The summed E-state index contributed by atoms with van der Waals surface area (Å²) in [5.41, 5.74) is 3.27. The summed E-state index contributed by atoms with van der Waals surface area (Å²) in [4.78, 5) is 27.6. The molecule has 3 aromatic rings. The molecule has 0 bridgehead atoms. The summed E-state index contributed by atoms with van der Waals surface area (Å²) in [6.07, 6.45) is 11.6. The number of nitrogens with zero attached hydrogens (tertiary/aromatic N) is 5. The van der Waals surface area contributed by atoms with Gasteiger partial charge in [0.05, 0.1) is 5.69 Å². The van der Waals surface area contributed by atoms with Gasteiger partial charge in [-0.1, -0.05) is 6.92 Å². The predicted octanol–water partition coefficient (Wildman–Crippen LogP) is 3.31. The molecule has 1 fully saturated rings. The van der Waals surface area contributed by atoms with Crippen LogP contribution in [-0.4, -0.2) is 43.4 Å². The second kappa shape index (κ2) is 8.33. The molecule has 1 aliphatic rings. The van der Waals surface area contributed by atoms with Crippen molar-refractivity contribution in [2.75, 3.05) is 13.1 Å². The van der Waals surface area contributed by atoms with E-state index < -0.39 is 0 Å². The lowest BCUT2D eigenvalue weighted by Crippen LogP contribution is -2.29. The first-order valence-corrected chi connectivity index (χ1v) is 9.88. The zero-order valence-corrected chi connectivity index (χ0v) is 16.2. The number of aromatic nitrogens is 4. The van der Waals surface area contributed by atoms with Crippen LogP contribution in [0.25, 0.3) is 11.3 Å². The van der Waals surface area contributed by atoms with Crippen LogP contribution < -0.4 is 0 Å². The molecule has 144 valence electrons. The molecule has 4 rings (SSSR count). The summed E-state index contributed by atoms with van der Waals surface area (Å²) in [5, 5.41) is 0. The number of likely N-dealkylation sites (tertiary alicyclic amines) is 1. The third kappa shape index (κ3) is 3.96. The fourth-order valence-corrected chi connectivity index (χ4v) is 3.87. The highest BCUT2D eigenvalue weighted by Gasteiger charge is 2.27. The van der Waals surface area contributed by atoms with Crippen molar-refractivity contribution in [2.45, 2.75) is 38.6 Å². The second-order valence-corrected chi connectivity index (χ2v) is 7.18. The van der Waals surface area contributed by atoms with Crippen LogP contribution in [0.3, 0.4) is 0 Å². The van der Waals surface area contributed by atoms with Gasteiger partial charge in [-0.25, -0.2) is 4.98 Å². The molecule has 1 aliphatic heterocycles. The zero-order valence-electron chi connectivity index (χ0n) is 16.2. The van der Waals surface area contributed by atoms with E-state index in [4.69, 9.17) is 0 Å². The zero-order chi connectivity index (χ0) is 19.3. The van der Waals surface area contributed by atoms with Crippen molar-refractivity contribution >= 4 is 5.91 Å². The fourth-order valence-electron chi connectivity index (χ4n) is 3.87. The van der Waals surface area contributed by atoms with E-state index in [-0.39, 0.29) is 5.91 Å². The molecular weight excluding hydrogens is 350 g/mol. The smallest absolute Gasteiger partial charge is 0.224 e. The molecule has 6 heteroatoms. The first kappa shape index (κ1) is 18.3. The average molecular weight is 375 g/mol. The Balaban J connectivity index is 1.38. The van der Waals surface area contributed by atoms with Crippen molar-refractivity contribution in [2.24, 2.45) is 0 Å². The van der Waals surface area contributed by atoms with Crippen LogP contribution in [-0.2, 0) is 17.8 Å². The summed E-state index contributed by atoms with van der Waals surface area (Å²) in [6.45, 7) is 4.38. The Morgan fingerprint density at radius 3 is 2.82 bits per heavy atom. The van der Waals surface area contributed by atoms with Crippen molar-refractivity contribution in [1.29, 1.82) is 0 Å². The Kier molecular flexibility index (Phi) is 5.46. The maximum Gasteiger partial charge on any atom is 0.224 e. The second-order valence-electron chi connectivity index (χ2n) is 7.18. The lowest BCUT2D eigenvalue weighted by molar-refractivity contribution is -0.130. The Bertz CT molecular complexity index is 937. The van der Waals surface area contributed by atoms with Crippen LogP contribution in [0.5, 0.6) is 0 Å². The van der Waals surface area contributed by atoms with Gasteiger partial charge in [-0.3, -0.25) is 14.8 Å². The summed E-state index contributed by atoms with van der Waals surface area (Å²) in [5.74, 6) is 1.63. The number of carbonyl (C=O) groups excluding carboxylic acids is 1. The molecule has 0 aromatic carbocycles. The summed E-state index contributed by atoms with van der Waals surface area (Å²) in [7, 11) is 0. The highest BCUT2D eigenvalue weighted by Crippen LogP contribution is 2.29. The van der Waals surface area contributed by atoms with Crippen LogP contribution in [0.1, 0.15) is 37.1 Å². The molecule has 0 unspecified atom stereocenters. The number of aryl methyl sites for hydroxylation is 2. The molecule has 0 spiro atoms. The maximum absolute atomic E-state index is 12.7. The van der Waals surface area contributed by atoms with E-state index in [1.165, 1.54) is 5.56 Å². The van der Waals surface area contributed by atoms with Crippen LogP contribution in [0.4, 0.5) is 0 Å². The quantitative estimate of drug-likeness (QED) is 0.663. The molecule has 4 heterocycles. The van der Waals surface area contributed by atoms with E-state index in [1.54, 1.807) is 18.6 Å². The van der Waals surface area contributed by atoms with E-state index >= 15 is 0 Å². The van der Waals surface area contributed by atoms with E-state index in [0.29, 0.717) is 18.9 Å². The van der Waals surface area contributed by atoms with Gasteiger partial charge in [-0.15, -0.1) is 0 Å². The molecule has 0 radical (unpaired) electrons. The first-order valence-electron chi connectivity index (χ1n) is 9.88. The SMILES string of the molecule is CCc1nccn1CCC(=O)N1CC[C@H](c2ccnc(-c3ccncc3)c2)C1. The standard InChI is InChI=1S/C22H25N5O/c1-2-21-25-11-14-26(21)13-7-22(28)27-12-6-19(16-27)18-5-10-24-20(15-18)17-3-8-23-9-4-17/h3-5,8-11,14-15,19H,2,6-7,12-13,16H2,1H3/t19-/m0/s1. The van der Waals surface area contributed by atoms with Crippen molar-refractivity contribution in [3.05, 3.63) is 66.6 Å². The molecule has 28 heavy (non-hydrogen) atoms. The first-order chi connectivity index (χ1) is 13.7. The molecule has 0 saturated carbocycles. The summed E-state index contributed by atoms with van der Waals surface area (Å²) < 4.78 is 2.08. The fraction of sp³-hybridized carbons (Fsp3) is 0.364. The van der Waals surface area contributed by atoms with Gasteiger partial charge in [0, 0.05) is 74.9 Å². The molecule has 1 saturated heterocycles. The summed E-state index contributed by atoms with van der Waals surface area (Å²) >= 11 is 0. The average Bonchev–Trinajstić information content (AvgIpc) is 3.42. The monoisotopic (exact) mass is 375 g/mol. The summed E-state index contributed by atoms with van der Waals surface area (Å²) in [6, 6.07) is 8.16. The molecule has 1 atom stereocenters. The number of carbonyl (C=O) groups is 1. The molecule has 0 aliphatic carbocycles. The van der Waals surface area contributed by atoms with Crippen molar-refractivity contribution in [3.8, 4) is 11.3 Å². The molecule has 3 aromatic heterocycles. The van der Waals surface area contributed by atoms with Gasteiger partial charge < -0.3 is 9.47 Å². The van der Waals surface area contributed by atoms with Gasteiger partial charge in [0.2, 0.25) is 5.91 Å². The lowest BCUT2D eigenvalue weighted by atomic mass is 9.97. The molecule has 6 nitrogen and oxygen atoms in total. The Morgan fingerprint density at radius 1 is 1.14 bits per heavy atom. The van der Waals surface area contributed by atoms with Gasteiger partial charge in [0.25, 0.3) is 0 Å². The van der Waals surface area contributed by atoms with E-state index in [1.807, 2.05) is 29.4 Å². The third-order valence-electron chi connectivity index (χ3n) is 5.46. The van der Waals surface area contributed by atoms with Crippen LogP contribution in [0.2, 0.25) is 0 Å². The largest absolute Gasteiger partial charge is 0.342 e. The van der Waals surface area contributed by atoms with Gasteiger partial charge in [0.15, 0.2) is 0 Å². The Hall–Kier alpha value is -3.02. The molecule has 1 amide bonds. The number of rotatable bonds is 6. The number of pyridine rings is 2. The Labute approximate surface area is 165 Å². The van der Waals surface area contributed by atoms with E-state index in [0.717, 1.165) is 43.0 Å². The lowest BCUT2D eigenvalue weighted by Gasteiger charge is -2.17. The van der Waals surface area contributed by atoms with Crippen LogP contribution in [0, 0.1) is 0 Å². The minimum Gasteiger partial charge on any atom is -0.342 e. The topological polar surface area (TPSA) is 63.9 Å². The third-order valence-corrected chi connectivity index (χ3v) is 5.46. The Morgan fingerprint density at radius 2 is 2.00 bits per heavy atom.